The number of hydrogen-bond donors (Lipinski definition) is 0. The van der Waals surface area contributed by atoms with Crippen LogP contribution in [0.3, 0.4) is 0 Å². The van der Waals surface area contributed by atoms with E-state index < -0.39 is 0 Å². The summed E-state index contributed by atoms with van der Waals surface area (Å²) >= 11 is 7.49. The van der Waals surface area contributed by atoms with Gasteiger partial charge in [0, 0.05) is 23.8 Å². The molecule has 3 aromatic rings. The van der Waals surface area contributed by atoms with Gasteiger partial charge < -0.3 is 4.74 Å². The van der Waals surface area contributed by atoms with Gasteiger partial charge in [0.15, 0.2) is 11.0 Å². The van der Waals surface area contributed by atoms with Crippen molar-refractivity contribution in [1.29, 1.82) is 0 Å². The van der Waals surface area contributed by atoms with Gasteiger partial charge in [-0.25, -0.2) is 9.98 Å². The third kappa shape index (κ3) is 4.72. The highest BCUT2D eigenvalue weighted by atomic mass is 35.5. The van der Waals surface area contributed by atoms with Crippen LogP contribution >= 0.6 is 23.4 Å². The largest absolute Gasteiger partial charge is 0.489 e. The lowest BCUT2D eigenvalue weighted by Crippen LogP contribution is -2.23. The van der Waals surface area contributed by atoms with Gasteiger partial charge in [0.25, 0.3) is 5.91 Å². The third-order valence-electron chi connectivity index (χ3n) is 4.39. The van der Waals surface area contributed by atoms with Gasteiger partial charge in [-0.2, -0.15) is 0 Å². The number of rotatable bonds is 5. The summed E-state index contributed by atoms with van der Waals surface area (Å²) in [6.07, 6.45) is 3.52. The van der Waals surface area contributed by atoms with E-state index in [1.165, 1.54) is 16.7 Å². The fourth-order valence-electron chi connectivity index (χ4n) is 2.76. The number of pyridine rings is 1. The molecule has 4 rings (SSSR count). The fourth-order valence-corrected chi connectivity index (χ4v) is 3.92. The summed E-state index contributed by atoms with van der Waals surface area (Å²) in [5.74, 6) is 1.21. The fraction of sp³-hybridized carbons (Fsp3) is 0.0870. The first-order chi connectivity index (χ1) is 14.6. The zero-order chi connectivity index (χ0) is 20.9. The summed E-state index contributed by atoms with van der Waals surface area (Å²) in [6.45, 7) is 0.395. The molecule has 0 N–H and O–H groups in total. The van der Waals surface area contributed by atoms with Crippen molar-refractivity contribution >= 4 is 46.3 Å². The van der Waals surface area contributed by atoms with Crippen LogP contribution in [0.2, 0.25) is 5.02 Å². The average Bonchev–Trinajstić information content (AvgIpc) is 3.03. The number of benzene rings is 2. The Balaban J connectivity index is 1.45. The number of amidine groups is 1. The Morgan fingerprint density at radius 1 is 1.10 bits per heavy atom. The monoisotopic (exact) mass is 435 g/mol. The van der Waals surface area contributed by atoms with E-state index >= 15 is 0 Å². The topological polar surface area (TPSA) is 54.8 Å². The van der Waals surface area contributed by atoms with Crippen LogP contribution in [0.4, 0.5) is 5.82 Å². The minimum atomic E-state index is -0.0891. The quantitative estimate of drug-likeness (QED) is 0.493. The molecule has 1 aromatic heterocycles. The minimum absolute atomic E-state index is 0.0891. The van der Waals surface area contributed by atoms with E-state index in [1.54, 1.807) is 19.3 Å². The Kier molecular flexibility index (Phi) is 6.16. The molecule has 1 saturated heterocycles. The van der Waals surface area contributed by atoms with Crippen LogP contribution in [0, 0.1) is 0 Å². The molecule has 5 nitrogen and oxygen atoms in total. The Bertz CT molecular complexity index is 1110. The van der Waals surface area contributed by atoms with E-state index in [-0.39, 0.29) is 5.91 Å². The van der Waals surface area contributed by atoms with Crippen LogP contribution in [0.1, 0.15) is 11.1 Å². The molecule has 30 heavy (non-hydrogen) atoms. The molecule has 0 aliphatic carbocycles. The second-order valence-corrected chi connectivity index (χ2v) is 7.92. The summed E-state index contributed by atoms with van der Waals surface area (Å²) in [7, 11) is 1.71. The molecular formula is C23H18ClN3O2S. The number of hydrogen-bond acceptors (Lipinski definition) is 5. The number of thioether (sulfide) groups is 1. The maximum absolute atomic E-state index is 12.6. The molecule has 1 aliphatic heterocycles. The molecule has 7 heteroatoms. The van der Waals surface area contributed by atoms with E-state index in [0.29, 0.717) is 27.5 Å². The molecule has 0 spiro atoms. The Hall–Kier alpha value is -3.09. The molecule has 150 valence electrons. The predicted molar refractivity (Wildman–Crippen MR) is 122 cm³/mol. The van der Waals surface area contributed by atoms with Gasteiger partial charge in [-0.15, -0.1) is 0 Å². The van der Waals surface area contributed by atoms with Crippen molar-refractivity contribution in [2.75, 3.05) is 7.05 Å². The number of aliphatic imine (C=N–C) groups is 1. The van der Waals surface area contributed by atoms with Crippen LogP contribution in [0.5, 0.6) is 5.75 Å². The highest BCUT2D eigenvalue weighted by molar-refractivity contribution is 8.18. The molecule has 0 saturated carbocycles. The van der Waals surface area contributed by atoms with Gasteiger partial charge in [-0.3, -0.25) is 9.69 Å². The molecule has 0 unspecified atom stereocenters. The lowest BCUT2D eigenvalue weighted by molar-refractivity contribution is -0.121. The number of nitrogens with zero attached hydrogens (tertiary/aromatic N) is 3. The highest BCUT2D eigenvalue weighted by Crippen LogP contribution is 2.33. The number of amides is 1. The van der Waals surface area contributed by atoms with Crippen molar-refractivity contribution in [3.05, 3.63) is 94.0 Å². The lowest BCUT2D eigenvalue weighted by atomic mass is 10.2. The van der Waals surface area contributed by atoms with E-state index in [4.69, 9.17) is 16.3 Å². The summed E-state index contributed by atoms with van der Waals surface area (Å²) in [5.41, 5.74) is 1.84. The molecular weight excluding hydrogens is 418 g/mol. The number of carbonyl (C=O) groups excluding carboxylic acids is 1. The van der Waals surface area contributed by atoms with Crippen molar-refractivity contribution in [1.82, 2.24) is 9.88 Å². The van der Waals surface area contributed by atoms with Crippen molar-refractivity contribution < 1.29 is 9.53 Å². The van der Waals surface area contributed by atoms with Crippen LogP contribution in [-0.2, 0) is 11.4 Å². The van der Waals surface area contributed by atoms with Gasteiger partial charge in [0.1, 0.15) is 12.4 Å². The van der Waals surface area contributed by atoms with Crippen LogP contribution in [0.15, 0.2) is 82.8 Å². The lowest BCUT2D eigenvalue weighted by Gasteiger charge is -2.08. The molecule has 0 radical (unpaired) electrons. The SMILES string of the molecule is CN1C(=O)/C(=C/c2ccc(OCc3ccccc3Cl)cc2)S/C1=N/c1ccccn1. The first-order valence-corrected chi connectivity index (χ1v) is 10.4. The maximum Gasteiger partial charge on any atom is 0.266 e. The molecule has 0 bridgehead atoms. The molecule has 2 heterocycles. The van der Waals surface area contributed by atoms with E-state index in [2.05, 4.69) is 9.98 Å². The van der Waals surface area contributed by atoms with Crippen molar-refractivity contribution in [3.8, 4) is 5.75 Å². The number of aromatic nitrogens is 1. The van der Waals surface area contributed by atoms with Gasteiger partial charge in [-0.1, -0.05) is 48.0 Å². The van der Waals surface area contributed by atoms with Crippen LogP contribution in [-0.4, -0.2) is 28.0 Å². The van der Waals surface area contributed by atoms with E-state index in [1.807, 2.05) is 66.7 Å². The van der Waals surface area contributed by atoms with Crippen molar-refractivity contribution in [2.24, 2.45) is 4.99 Å². The van der Waals surface area contributed by atoms with Crippen LogP contribution < -0.4 is 4.74 Å². The second-order valence-electron chi connectivity index (χ2n) is 6.51. The average molecular weight is 436 g/mol. The van der Waals surface area contributed by atoms with Gasteiger partial charge >= 0.3 is 0 Å². The Morgan fingerprint density at radius 3 is 2.60 bits per heavy atom. The van der Waals surface area contributed by atoms with Gasteiger partial charge in [-0.05, 0) is 53.7 Å². The number of ether oxygens (including phenoxy) is 1. The van der Waals surface area contributed by atoms with Gasteiger partial charge in [0.2, 0.25) is 0 Å². The molecule has 1 fully saturated rings. The van der Waals surface area contributed by atoms with Crippen molar-refractivity contribution in [2.45, 2.75) is 6.61 Å². The molecule has 0 atom stereocenters. The Labute approximate surface area is 184 Å². The molecule has 1 amide bonds. The standard InChI is InChI=1S/C23H18ClN3O2S/c1-27-22(28)20(30-23(27)26-21-8-4-5-13-25-21)14-16-9-11-18(12-10-16)29-15-17-6-2-3-7-19(17)24/h2-14H,15H2,1H3/b20-14-,26-23+. The summed E-state index contributed by atoms with van der Waals surface area (Å²) in [5, 5.41) is 1.28. The minimum Gasteiger partial charge on any atom is -0.489 e. The summed E-state index contributed by atoms with van der Waals surface area (Å²) in [4.78, 5) is 23.4. The van der Waals surface area contributed by atoms with E-state index in [9.17, 15) is 4.79 Å². The zero-order valence-electron chi connectivity index (χ0n) is 16.2. The maximum atomic E-state index is 12.6. The molecule has 1 aliphatic rings. The number of halogens is 1. The summed E-state index contributed by atoms with van der Waals surface area (Å²) in [6, 6.07) is 20.7. The van der Waals surface area contributed by atoms with Crippen molar-refractivity contribution in [3.63, 3.8) is 0 Å². The van der Waals surface area contributed by atoms with Crippen LogP contribution in [0.25, 0.3) is 6.08 Å². The second kappa shape index (κ2) is 9.15. The Morgan fingerprint density at radius 2 is 1.87 bits per heavy atom. The van der Waals surface area contributed by atoms with Gasteiger partial charge in [0.05, 0.1) is 4.91 Å². The normalized spacial score (nSPS) is 16.5. The first-order valence-electron chi connectivity index (χ1n) is 9.24. The first kappa shape index (κ1) is 20.2. The third-order valence-corrected chi connectivity index (χ3v) is 5.82. The predicted octanol–water partition coefficient (Wildman–Crippen LogP) is 5.55. The zero-order valence-corrected chi connectivity index (χ0v) is 17.7. The summed E-state index contributed by atoms with van der Waals surface area (Å²) < 4.78 is 5.81. The smallest absolute Gasteiger partial charge is 0.266 e. The number of carbonyl (C=O) groups is 1. The molecule has 2 aromatic carbocycles. The van der Waals surface area contributed by atoms with E-state index in [0.717, 1.165) is 16.9 Å². The number of likely N-dealkylation sites (N-methyl/N-ethyl adjacent to an activating group) is 1. The highest BCUT2D eigenvalue weighted by Gasteiger charge is 2.30.